The molecule has 0 saturated heterocycles. The van der Waals surface area contributed by atoms with Crippen LogP contribution in [0, 0.1) is 0 Å². The van der Waals surface area contributed by atoms with Crippen molar-refractivity contribution < 1.29 is 10.2 Å². The van der Waals surface area contributed by atoms with E-state index in [0.29, 0.717) is 0 Å². The molecule has 2 N–H and O–H groups in total. The molecule has 9 heavy (non-hydrogen) atoms. The van der Waals surface area contributed by atoms with Crippen LogP contribution in [-0.4, -0.2) is 16.5 Å². The van der Waals surface area contributed by atoms with Crippen molar-refractivity contribution in [3.8, 4) is 0 Å². The third kappa shape index (κ3) is 5.27. The van der Waals surface area contributed by atoms with Crippen molar-refractivity contribution in [2.45, 2.75) is 20.1 Å². The van der Waals surface area contributed by atoms with Crippen molar-refractivity contribution in [3.05, 3.63) is 23.8 Å². The maximum absolute atomic E-state index is 8.39. The van der Waals surface area contributed by atoms with Crippen LogP contribution in [-0.2, 0) is 0 Å². The molecular formula is C7H12O2. The molecule has 2 nitrogen and oxygen atoms in total. The molecule has 0 aromatic carbocycles. The molecule has 0 aromatic heterocycles. The smallest absolute Gasteiger partial charge is 0.171 e. The molecule has 0 aromatic rings. The minimum atomic E-state index is -1.33. The Hall–Kier alpha value is -0.600. The molecule has 0 rings (SSSR count). The summed E-state index contributed by atoms with van der Waals surface area (Å²) in [6.45, 7) is 3.68. The van der Waals surface area contributed by atoms with E-state index >= 15 is 0 Å². The van der Waals surface area contributed by atoms with Crippen molar-refractivity contribution in [2.24, 2.45) is 0 Å². The van der Waals surface area contributed by atoms with Crippen LogP contribution < -0.4 is 0 Å². The minimum absolute atomic E-state index is 0.854. The number of allylic oxidation sites excluding steroid dienone is 3. The third-order valence-corrected chi connectivity index (χ3v) is 0.842. The first kappa shape index (κ1) is 8.40. The maximum atomic E-state index is 8.39. The van der Waals surface area contributed by atoms with E-state index in [1.807, 2.05) is 13.0 Å². The summed E-state index contributed by atoms with van der Waals surface area (Å²) in [7, 11) is 0. The standard InChI is InChI=1S/C7H12O2/c1-3-4-6(2)5-7(8)9/h3-5,7-9H,1-2H3/b4-3+,6-5+. The van der Waals surface area contributed by atoms with E-state index in [9.17, 15) is 0 Å². The maximum Gasteiger partial charge on any atom is 0.171 e. The zero-order valence-electron chi connectivity index (χ0n) is 5.70. The van der Waals surface area contributed by atoms with Gasteiger partial charge >= 0.3 is 0 Å². The highest BCUT2D eigenvalue weighted by molar-refractivity contribution is 5.15. The van der Waals surface area contributed by atoms with Crippen molar-refractivity contribution in [3.63, 3.8) is 0 Å². The van der Waals surface area contributed by atoms with Gasteiger partial charge < -0.3 is 10.2 Å². The Morgan fingerprint density at radius 3 is 2.33 bits per heavy atom. The molecule has 0 aliphatic rings. The van der Waals surface area contributed by atoms with E-state index in [1.165, 1.54) is 6.08 Å². The van der Waals surface area contributed by atoms with Crippen molar-refractivity contribution in [2.75, 3.05) is 0 Å². The summed E-state index contributed by atoms with van der Waals surface area (Å²) < 4.78 is 0. The molecule has 0 aliphatic heterocycles. The summed E-state index contributed by atoms with van der Waals surface area (Å²) in [4.78, 5) is 0. The van der Waals surface area contributed by atoms with Crippen LogP contribution in [0.1, 0.15) is 13.8 Å². The van der Waals surface area contributed by atoms with Gasteiger partial charge in [-0.15, -0.1) is 0 Å². The van der Waals surface area contributed by atoms with Gasteiger partial charge in [0.15, 0.2) is 6.29 Å². The van der Waals surface area contributed by atoms with E-state index in [-0.39, 0.29) is 0 Å². The third-order valence-electron chi connectivity index (χ3n) is 0.842. The van der Waals surface area contributed by atoms with Gasteiger partial charge in [0.1, 0.15) is 0 Å². The number of aliphatic hydroxyl groups is 2. The van der Waals surface area contributed by atoms with Crippen molar-refractivity contribution >= 4 is 0 Å². The fourth-order valence-electron chi connectivity index (χ4n) is 0.554. The van der Waals surface area contributed by atoms with Gasteiger partial charge in [-0.05, 0) is 19.9 Å². The number of rotatable bonds is 2. The Kier molecular flexibility index (Phi) is 4.01. The van der Waals surface area contributed by atoms with E-state index in [2.05, 4.69) is 0 Å². The van der Waals surface area contributed by atoms with Crippen LogP contribution in [0.15, 0.2) is 23.8 Å². The molecule has 52 valence electrons. The fourth-order valence-corrected chi connectivity index (χ4v) is 0.554. The highest BCUT2D eigenvalue weighted by atomic mass is 16.5. The van der Waals surface area contributed by atoms with Crippen LogP contribution in [0.25, 0.3) is 0 Å². The Morgan fingerprint density at radius 1 is 1.44 bits per heavy atom. The Balaban J connectivity index is 3.84. The molecule has 0 radical (unpaired) electrons. The topological polar surface area (TPSA) is 40.5 Å². The van der Waals surface area contributed by atoms with Crippen LogP contribution in [0.4, 0.5) is 0 Å². The Labute approximate surface area is 55.1 Å². The predicted octanol–water partition coefficient (Wildman–Crippen LogP) is 0.819. The quantitative estimate of drug-likeness (QED) is 0.427. The largest absolute Gasteiger partial charge is 0.365 e. The van der Waals surface area contributed by atoms with Gasteiger partial charge in [-0.2, -0.15) is 0 Å². The van der Waals surface area contributed by atoms with Gasteiger partial charge in [-0.25, -0.2) is 0 Å². The second kappa shape index (κ2) is 4.30. The Morgan fingerprint density at radius 2 is 2.00 bits per heavy atom. The van der Waals surface area contributed by atoms with E-state index in [1.54, 1.807) is 13.0 Å². The minimum Gasteiger partial charge on any atom is -0.365 e. The Bertz CT molecular complexity index is 123. The highest BCUT2D eigenvalue weighted by Gasteiger charge is 1.87. The molecule has 0 spiro atoms. The van der Waals surface area contributed by atoms with Crippen molar-refractivity contribution in [1.82, 2.24) is 0 Å². The second-order valence-corrected chi connectivity index (χ2v) is 1.82. The van der Waals surface area contributed by atoms with Gasteiger partial charge in [0.05, 0.1) is 0 Å². The lowest BCUT2D eigenvalue weighted by atomic mass is 10.2. The molecule has 0 amide bonds. The summed E-state index contributed by atoms with van der Waals surface area (Å²) in [6.07, 6.45) is 3.68. The summed E-state index contributed by atoms with van der Waals surface area (Å²) >= 11 is 0. The molecule has 0 fully saturated rings. The lowest BCUT2D eigenvalue weighted by Gasteiger charge is -1.94. The zero-order chi connectivity index (χ0) is 7.28. The van der Waals surface area contributed by atoms with Crippen molar-refractivity contribution in [1.29, 1.82) is 0 Å². The molecule has 2 heteroatoms. The van der Waals surface area contributed by atoms with E-state index < -0.39 is 6.29 Å². The first-order chi connectivity index (χ1) is 4.16. The molecular weight excluding hydrogens is 116 g/mol. The van der Waals surface area contributed by atoms with Crippen LogP contribution in [0.3, 0.4) is 0 Å². The van der Waals surface area contributed by atoms with Gasteiger partial charge in [-0.1, -0.05) is 17.7 Å². The molecule has 0 unspecified atom stereocenters. The average Bonchev–Trinajstić information content (AvgIpc) is 1.63. The van der Waals surface area contributed by atoms with Crippen LogP contribution >= 0.6 is 0 Å². The average molecular weight is 128 g/mol. The number of hydrogen-bond acceptors (Lipinski definition) is 2. The summed E-state index contributed by atoms with van der Waals surface area (Å²) in [6, 6.07) is 0. The highest BCUT2D eigenvalue weighted by Crippen LogP contribution is 1.95. The monoisotopic (exact) mass is 128 g/mol. The predicted molar refractivity (Wildman–Crippen MR) is 36.8 cm³/mol. The number of hydrogen-bond donors (Lipinski definition) is 2. The molecule has 0 bridgehead atoms. The zero-order valence-corrected chi connectivity index (χ0v) is 5.70. The van der Waals surface area contributed by atoms with E-state index in [0.717, 1.165) is 5.57 Å². The van der Waals surface area contributed by atoms with Gasteiger partial charge in [0.25, 0.3) is 0 Å². The lowest BCUT2D eigenvalue weighted by molar-refractivity contribution is 0.00192. The molecule has 0 heterocycles. The van der Waals surface area contributed by atoms with Gasteiger partial charge in [0, 0.05) is 0 Å². The first-order valence-electron chi connectivity index (χ1n) is 2.84. The molecule has 0 aliphatic carbocycles. The van der Waals surface area contributed by atoms with Gasteiger partial charge in [-0.3, -0.25) is 0 Å². The SMILES string of the molecule is C/C=C/C(C)=C/C(O)O. The summed E-state index contributed by atoms with van der Waals surface area (Å²) in [5.74, 6) is 0. The van der Waals surface area contributed by atoms with Gasteiger partial charge in [0.2, 0.25) is 0 Å². The summed E-state index contributed by atoms with van der Waals surface area (Å²) in [5.41, 5.74) is 0.854. The summed E-state index contributed by atoms with van der Waals surface area (Å²) in [5, 5.41) is 16.8. The van der Waals surface area contributed by atoms with E-state index in [4.69, 9.17) is 10.2 Å². The first-order valence-corrected chi connectivity index (χ1v) is 2.84. The number of aliphatic hydroxyl groups excluding tert-OH is 1. The lowest BCUT2D eigenvalue weighted by Crippen LogP contribution is -1.98. The molecule has 0 atom stereocenters. The van der Waals surface area contributed by atoms with Crippen LogP contribution in [0.5, 0.6) is 0 Å². The normalized spacial score (nSPS) is 13.7. The molecule has 0 saturated carbocycles. The second-order valence-electron chi connectivity index (χ2n) is 1.82. The fraction of sp³-hybridized carbons (Fsp3) is 0.429. The van der Waals surface area contributed by atoms with Crippen LogP contribution in [0.2, 0.25) is 0 Å².